The number of hydrogen-bond acceptors (Lipinski definition) is 3. The Kier molecular flexibility index (Phi) is 5.31. The molecule has 3 heteroatoms. The molecule has 3 nitrogen and oxygen atoms in total. The van der Waals surface area contributed by atoms with Gasteiger partial charge >= 0.3 is 0 Å². The number of ether oxygens (including phenoxy) is 2. The first-order chi connectivity index (χ1) is 10.5. The van der Waals surface area contributed by atoms with Crippen molar-refractivity contribution in [3.05, 3.63) is 52.6 Å². The van der Waals surface area contributed by atoms with E-state index in [0.717, 1.165) is 18.0 Å². The van der Waals surface area contributed by atoms with Crippen LogP contribution in [-0.4, -0.2) is 13.7 Å². The number of rotatable bonds is 6. The lowest BCUT2D eigenvalue weighted by atomic mass is 10.0. The van der Waals surface area contributed by atoms with Crippen molar-refractivity contribution in [1.82, 2.24) is 0 Å². The summed E-state index contributed by atoms with van der Waals surface area (Å²) in [6, 6.07) is 10.5. The van der Waals surface area contributed by atoms with Gasteiger partial charge in [-0.05, 0) is 56.5 Å². The molecule has 0 atom stereocenters. The largest absolute Gasteiger partial charge is 0.493 e. The zero-order chi connectivity index (χ0) is 16.1. The van der Waals surface area contributed by atoms with Gasteiger partial charge in [-0.1, -0.05) is 23.8 Å². The number of benzene rings is 2. The van der Waals surface area contributed by atoms with Gasteiger partial charge in [0, 0.05) is 12.2 Å². The van der Waals surface area contributed by atoms with E-state index in [0.29, 0.717) is 6.61 Å². The van der Waals surface area contributed by atoms with Crippen LogP contribution in [0.15, 0.2) is 30.3 Å². The molecule has 2 rings (SSSR count). The summed E-state index contributed by atoms with van der Waals surface area (Å²) < 4.78 is 11.0. The van der Waals surface area contributed by atoms with Gasteiger partial charge in [-0.3, -0.25) is 0 Å². The van der Waals surface area contributed by atoms with E-state index in [4.69, 9.17) is 9.47 Å². The van der Waals surface area contributed by atoms with Crippen LogP contribution in [0, 0.1) is 20.8 Å². The zero-order valence-corrected chi connectivity index (χ0v) is 14.1. The van der Waals surface area contributed by atoms with Crippen molar-refractivity contribution in [3.8, 4) is 11.5 Å². The molecule has 2 aromatic rings. The lowest BCUT2D eigenvalue weighted by Crippen LogP contribution is -2.04. The lowest BCUT2D eigenvalue weighted by Gasteiger charge is -2.15. The molecule has 0 unspecified atom stereocenters. The minimum absolute atomic E-state index is 0.635. The van der Waals surface area contributed by atoms with Crippen molar-refractivity contribution in [3.63, 3.8) is 0 Å². The summed E-state index contributed by atoms with van der Waals surface area (Å²) in [4.78, 5) is 0. The van der Waals surface area contributed by atoms with Crippen molar-refractivity contribution in [2.75, 3.05) is 19.0 Å². The second-order valence-electron chi connectivity index (χ2n) is 5.55. The molecule has 0 bridgehead atoms. The highest BCUT2D eigenvalue weighted by Crippen LogP contribution is 2.29. The average molecular weight is 299 g/mol. The fourth-order valence-electron chi connectivity index (χ4n) is 2.75. The molecule has 0 radical (unpaired) electrons. The Morgan fingerprint density at radius 1 is 0.955 bits per heavy atom. The van der Waals surface area contributed by atoms with Crippen LogP contribution in [0.1, 0.15) is 29.2 Å². The fraction of sp³-hybridized carbons (Fsp3) is 0.368. The Hall–Kier alpha value is -2.16. The van der Waals surface area contributed by atoms with E-state index in [1.807, 2.05) is 19.1 Å². The smallest absolute Gasteiger partial charge is 0.161 e. The standard InChI is InChI=1S/C19H25NO2/c1-6-22-17-8-7-16(11-18(17)21-5)12-20-19-14(3)9-13(2)10-15(19)4/h7-11,20H,6,12H2,1-5H3. The number of anilines is 1. The van der Waals surface area contributed by atoms with Crippen LogP contribution >= 0.6 is 0 Å². The van der Waals surface area contributed by atoms with E-state index in [1.54, 1.807) is 7.11 Å². The molecule has 0 saturated carbocycles. The molecule has 0 heterocycles. The molecule has 2 aromatic carbocycles. The van der Waals surface area contributed by atoms with Crippen LogP contribution in [-0.2, 0) is 6.54 Å². The van der Waals surface area contributed by atoms with Gasteiger partial charge < -0.3 is 14.8 Å². The molecule has 1 N–H and O–H groups in total. The summed E-state index contributed by atoms with van der Waals surface area (Å²) >= 11 is 0. The number of methoxy groups -OCH3 is 1. The second kappa shape index (κ2) is 7.21. The van der Waals surface area contributed by atoms with E-state index in [9.17, 15) is 0 Å². The quantitative estimate of drug-likeness (QED) is 0.843. The van der Waals surface area contributed by atoms with Crippen LogP contribution in [0.2, 0.25) is 0 Å². The average Bonchev–Trinajstić information content (AvgIpc) is 2.47. The molecular formula is C19H25NO2. The normalized spacial score (nSPS) is 10.4. The summed E-state index contributed by atoms with van der Waals surface area (Å²) in [7, 11) is 1.67. The van der Waals surface area contributed by atoms with Crippen LogP contribution in [0.3, 0.4) is 0 Å². The van der Waals surface area contributed by atoms with Gasteiger partial charge in [0.05, 0.1) is 13.7 Å². The highest BCUT2D eigenvalue weighted by atomic mass is 16.5. The van der Waals surface area contributed by atoms with E-state index in [1.165, 1.54) is 27.9 Å². The molecule has 0 fully saturated rings. The van der Waals surface area contributed by atoms with Crippen molar-refractivity contribution in [2.45, 2.75) is 34.2 Å². The van der Waals surface area contributed by atoms with Gasteiger partial charge in [0.2, 0.25) is 0 Å². The molecule has 0 aliphatic carbocycles. The van der Waals surface area contributed by atoms with Gasteiger partial charge in [-0.15, -0.1) is 0 Å². The first kappa shape index (κ1) is 16.2. The van der Waals surface area contributed by atoms with Crippen molar-refractivity contribution in [2.24, 2.45) is 0 Å². The first-order valence-electron chi connectivity index (χ1n) is 7.66. The van der Waals surface area contributed by atoms with E-state index >= 15 is 0 Å². The molecule has 118 valence electrons. The third kappa shape index (κ3) is 3.73. The highest BCUT2D eigenvalue weighted by Gasteiger charge is 2.07. The molecule has 0 aliphatic rings. The van der Waals surface area contributed by atoms with Crippen LogP contribution < -0.4 is 14.8 Å². The maximum Gasteiger partial charge on any atom is 0.161 e. The summed E-state index contributed by atoms with van der Waals surface area (Å²) in [5, 5.41) is 3.53. The monoisotopic (exact) mass is 299 g/mol. The van der Waals surface area contributed by atoms with Gasteiger partial charge in [0.1, 0.15) is 0 Å². The van der Waals surface area contributed by atoms with Gasteiger partial charge in [0.15, 0.2) is 11.5 Å². The van der Waals surface area contributed by atoms with Crippen molar-refractivity contribution < 1.29 is 9.47 Å². The predicted molar refractivity (Wildman–Crippen MR) is 92.1 cm³/mol. The molecule has 22 heavy (non-hydrogen) atoms. The topological polar surface area (TPSA) is 30.5 Å². The molecule has 0 saturated heterocycles. The van der Waals surface area contributed by atoms with E-state index in [2.05, 4.69) is 44.3 Å². The zero-order valence-electron chi connectivity index (χ0n) is 14.1. The number of hydrogen-bond donors (Lipinski definition) is 1. The Labute approximate surface area is 133 Å². The first-order valence-corrected chi connectivity index (χ1v) is 7.66. The third-order valence-corrected chi connectivity index (χ3v) is 3.67. The summed E-state index contributed by atoms with van der Waals surface area (Å²) in [5.41, 5.74) is 6.22. The fourth-order valence-corrected chi connectivity index (χ4v) is 2.75. The molecular weight excluding hydrogens is 274 g/mol. The molecule has 0 spiro atoms. The Balaban J connectivity index is 2.15. The minimum Gasteiger partial charge on any atom is -0.493 e. The lowest BCUT2D eigenvalue weighted by molar-refractivity contribution is 0.310. The highest BCUT2D eigenvalue weighted by molar-refractivity contribution is 5.58. The van der Waals surface area contributed by atoms with Gasteiger partial charge in [-0.25, -0.2) is 0 Å². The Morgan fingerprint density at radius 2 is 1.64 bits per heavy atom. The maximum absolute atomic E-state index is 5.55. The Morgan fingerprint density at radius 3 is 2.23 bits per heavy atom. The SMILES string of the molecule is CCOc1ccc(CNc2c(C)cc(C)cc2C)cc1OC. The van der Waals surface area contributed by atoms with Crippen molar-refractivity contribution >= 4 is 5.69 Å². The minimum atomic E-state index is 0.635. The van der Waals surface area contributed by atoms with Crippen LogP contribution in [0.5, 0.6) is 11.5 Å². The summed E-state index contributed by atoms with van der Waals surface area (Å²) in [6.45, 7) is 9.77. The summed E-state index contributed by atoms with van der Waals surface area (Å²) in [6.07, 6.45) is 0. The third-order valence-electron chi connectivity index (χ3n) is 3.67. The van der Waals surface area contributed by atoms with Crippen molar-refractivity contribution in [1.29, 1.82) is 0 Å². The number of nitrogens with one attached hydrogen (secondary N) is 1. The molecule has 0 aromatic heterocycles. The Bertz CT molecular complexity index is 627. The van der Waals surface area contributed by atoms with Gasteiger partial charge in [0.25, 0.3) is 0 Å². The van der Waals surface area contributed by atoms with Gasteiger partial charge in [-0.2, -0.15) is 0 Å². The predicted octanol–water partition coefficient (Wildman–Crippen LogP) is 4.63. The molecule has 0 amide bonds. The van der Waals surface area contributed by atoms with Crippen LogP contribution in [0.25, 0.3) is 0 Å². The maximum atomic E-state index is 5.55. The van der Waals surface area contributed by atoms with Crippen LogP contribution in [0.4, 0.5) is 5.69 Å². The van der Waals surface area contributed by atoms with E-state index in [-0.39, 0.29) is 0 Å². The number of aryl methyl sites for hydroxylation is 3. The second-order valence-corrected chi connectivity index (χ2v) is 5.55. The molecule has 0 aliphatic heterocycles. The summed E-state index contributed by atoms with van der Waals surface area (Å²) in [5.74, 6) is 1.56. The van der Waals surface area contributed by atoms with E-state index < -0.39 is 0 Å².